The fraction of sp³-hybridized carbons (Fsp3) is 0.214. The Morgan fingerprint density at radius 1 is 0.921 bits per heavy atom. The van der Waals surface area contributed by atoms with Crippen molar-refractivity contribution in [2.75, 3.05) is 5.32 Å². The molecule has 0 radical (unpaired) electrons. The third-order valence-corrected chi connectivity index (χ3v) is 6.54. The number of nitrogens with one attached hydrogen (secondary N) is 1. The van der Waals surface area contributed by atoms with Crippen molar-refractivity contribution in [1.82, 2.24) is 4.98 Å². The molecular weight excluding hydrogens is 551 g/mol. The Bertz CT molecular complexity index is 1570. The Labute approximate surface area is 233 Å². The molecule has 0 saturated heterocycles. The van der Waals surface area contributed by atoms with Crippen LogP contribution in [0.5, 0.6) is 0 Å². The molecule has 0 saturated carbocycles. The van der Waals surface area contributed by atoms with Gasteiger partial charge in [0.1, 0.15) is 5.69 Å². The van der Waals surface area contributed by atoms with E-state index < -0.39 is 17.3 Å². The molecule has 0 unspecified atom stereocenters. The number of fused-ring (bicyclic) bond motifs is 1. The molecule has 0 fully saturated rings. The van der Waals surface area contributed by atoms with Crippen molar-refractivity contribution in [3.8, 4) is 22.4 Å². The van der Waals surface area contributed by atoms with Gasteiger partial charge in [0.15, 0.2) is 5.76 Å². The molecule has 7 nitrogen and oxygen atoms in total. The summed E-state index contributed by atoms with van der Waals surface area (Å²) in [7, 11) is 0. The van der Waals surface area contributed by atoms with Gasteiger partial charge in [0.25, 0.3) is 0 Å². The number of pyridine rings is 1. The summed E-state index contributed by atoms with van der Waals surface area (Å²) in [4.78, 5) is 41.7. The average molecular weight is 574 g/mol. The van der Waals surface area contributed by atoms with Crippen LogP contribution in [-0.2, 0) is 9.59 Å². The molecule has 1 amide bonds. The third-order valence-electron chi connectivity index (χ3n) is 5.74. The first-order valence-corrected chi connectivity index (χ1v) is 12.7. The van der Waals surface area contributed by atoms with E-state index >= 15 is 0 Å². The maximum atomic E-state index is 13.3. The predicted molar refractivity (Wildman–Crippen MR) is 149 cm³/mol. The molecule has 196 valence electrons. The number of carboxylic acids is 1. The molecule has 4 rings (SSSR count). The molecule has 10 heteroatoms. The molecule has 2 aromatic heterocycles. The summed E-state index contributed by atoms with van der Waals surface area (Å²) in [5, 5.41) is 13.4. The van der Waals surface area contributed by atoms with E-state index in [1.165, 1.54) is 0 Å². The fourth-order valence-electron chi connectivity index (χ4n) is 3.81. The van der Waals surface area contributed by atoms with Crippen LogP contribution in [0.15, 0.2) is 52.9 Å². The average Bonchev–Trinajstić information content (AvgIpc) is 3.18. The number of nitrogens with zero attached hydrogens (tertiary/aromatic N) is 1. The number of hydrogen-bond donors (Lipinski definition) is 2. The molecule has 0 aliphatic carbocycles. The number of hydrogen-bond acceptors (Lipinski definition) is 5. The Balaban J connectivity index is 2.00. The van der Waals surface area contributed by atoms with Crippen LogP contribution >= 0.6 is 34.8 Å². The second-order valence-electron chi connectivity index (χ2n) is 9.70. The van der Waals surface area contributed by atoms with Crippen molar-refractivity contribution in [3.63, 3.8) is 0 Å². The van der Waals surface area contributed by atoms with Gasteiger partial charge in [0, 0.05) is 33.0 Å². The van der Waals surface area contributed by atoms with Crippen molar-refractivity contribution in [3.05, 3.63) is 69.4 Å². The zero-order valence-electron chi connectivity index (χ0n) is 20.7. The number of furan rings is 1. The Morgan fingerprint density at radius 3 is 2.18 bits per heavy atom. The zero-order chi connectivity index (χ0) is 27.8. The number of amides is 1. The minimum absolute atomic E-state index is 0.0786. The number of carbonyl (C=O) groups is 3. The molecular formula is C28H23Cl3N2O5. The standard InChI is InChI=1S/C28H23Cl3N2O5/c1-28(2,3)26(37)25-24(32-21(34)10-11-22(35)36)19-13-18(14-4-6-15(29)7-5-14)23(33-27(19)38-25)17-9-8-16(30)12-20(17)31/h4-9,12-13H,10-11H2,1-3H3,(H,32,34)(H,35,36). The van der Waals surface area contributed by atoms with Crippen LogP contribution in [0.1, 0.15) is 44.2 Å². The molecule has 0 aliphatic heterocycles. The molecule has 2 aromatic carbocycles. The first-order chi connectivity index (χ1) is 17.8. The normalized spacial score (nSPS) is 11.5. The summed E-state index contributed by atoms with van der Waals surface area (Å²) in [6.45, 7) is 5.18. The van der Waals surface area contributed by atoms with Gasteiger partial charge in [0.05, 0.1) is 22.5 Å². The molecule has 2 heterocycles. The van der Waals surface area contributed by atoms with Crippen molar-refractivity contribution < 1.29 is 23.9 Å². The van der Waals surface area contributed by atoms with Crippen LogP contribution in [-0.4, -0.2) is 27.8 Å². The van der Waals surface area contributed by atoms with Gasteiger partial charge in [0.2, 0.25) is 17.4 Å². The van der Waals surface area contributed by atoms with Gasteiger partial charge < -0.3 is 14.8 Å². The summed E-state index contributed by atoms with van der Waals surface area (Å²) in [6.07, 6.45) is -0.640. The molecule has 2 N–H and O–H groups in total. The summed E-state index contributed by atoms with van der Waals surface area (Å²) >= 11 is 18.8. The molecule has 0 spiro atoms. The van der Waals surface area contributed by atoms with E-state index in [-0.39, 0.29) is 35.8 Å². The summed E-state index contributed by atoms with van der Waals surface area (Å²) in [6, 6.07) is 13.8. The number of Topliss-reactive ketones (excluding diaryl/α,β-unsaturated/α-hetero) is 1. The van der Waals surface area contributed by atoms with Gasteiger partial charge in [-0.25, -0.2) is 4.98 Å². The third kappa shape index (κ3) is 5.85. The van der Waals surface area contributed by atoms with E-state index in [2.05, 4.69) is 5.32 Å². The SMILES string of the molecule is CC(C)(C)C(=O)c1oc2nc(-c3ccc(Cl)cc3Cl)c(-c3ccc(Cl)cc3)cc2c1NC(=O)CCC(=O)O. The topological polar surface area (TPSA) is 110 Å². The van der Waals surface area contributed by atoms with Crippen molar-refractivity contribution in [1.29, 1.82) is 0 Å². The van der Waals surface area contributed by atoms with Crippen LogP contribution in [0.4, 0.5) is 5.69 Å². The number of ketones is 1. The monoisotopic (exact) mass is 572 g/mol. The smallest absolute Gasteiger partial charge is 0.303 e. The van der Waals surface area contributed by atoms with E-state index in [1.807, 2.05) is 12.1 Å². The lowest BCUT2D eigenvalue weighted by Crippen LogP contribution is -2.22. The summed E-state index contributed by atoms with van der Waals surface area (Å²) in [5.41, 5.74) is 1.82. The van der Waals surface area contributed by atoms with Gasteiger partial charge in [-0.2, -0.15) is 0 Å². The first kappa shape index (κ1) is 27.6. The number of benzene rings is 2. The maximum Gasteiger partial charge on any atom is 0.303 e. The molecule has 0 aliphatic rings. The molecule has 0 bridgehead atoms. The summed E-state index contributed by atoms with van der Waals surface area (Å²) < 4.78 is 5.97. The number of halogens is 3. The lowest BCUT2D eigenvalue weighted by Gasteiger charge is -2.15. The highest BCUT2D eigenvalue weighted by molar-refractivity contribution is 6.36. The van der Waals surface area contributed by atoms with Gasteiger partial charge in [-0.3, -0.25) is 14.4 Å². The van der Waals surface area contributed by atoms with Crippen LogP contribution in [0.3, 0.4) is 0 Å². The number of carbonyl (C=O) groups excluding carboxylic acids is 2. The van der Waals surface area contributed by atoms with E-state index in [4.69, 9.17) is 49.3 Å². The van der Waals surface area contributed by atoms with Crippen LogP contribution in [0.2, 0.25) is 15.1 Å². The van der Waals surface area contributed by atoms with Gasteiger partial charge in [-0.1, -0.05) is 67.7 Å². The number of anilines is 1. The van der Waals surface area contributed by atoms with Crippen molar-refractivity contribution >= 4 is 69.2 Å². The molecule has 38 heavy (non-hydrogen) atoms. The Hall–Kier alpha value is -3.39. The van der Waals surface area contributed by atoms with E-state index in [0.717, 1.165) is 5.56 Å². The highest BCUT2D eigenvalue weighted by atomic mass is 35.5. The second-order valence-corrected chi connectivity index (χ2v) is 11.0. The number of carboxylic acid groups (broad SMARTS) is 1. The van der Waals surface area contributed by atoms with Crippen molar-refractivity contribution in [2.45, 2.75) is 33.6 Å². The zero-order valence-corrected chi connectivity index (χ0v) is 23.0. The van der Waals surface area contributed by atoms with Gasteiger partial charge >= 0.3 is 5.97 Å². The highest BCUT2D eigenvalue weighted by Gasteiger charge is 2.32. The van der Waals surface area contributed by atoms with E-state index in [0.29, 0.717) is 37.3 Å². The number of aromatic nitrogens is 1. The van der Waals surface area contributed by atoms with E-state index in [1.54, 1.807) is 57.2 Å². The molecule has 0 atom stereocenters. The predicted octanol–water partition coefficient (Wildman–Crippen LogP) is 8.15. The van der Waals surface area contributed by atoms with Gasteiger partial charge in [-0.15, -0.1) is 0 Å². The molecule has 4 aromatic rings. The Kier molecular flexibility index (Phi) is 7.83. The summed E-state index contributed by atoms with van der Waals surface area (Å²) in [5.74, 6) is -2.12. The highest BCUT2D eigenvalue weighted by Crippen LogP contribution is 2.42. The fourth-order valence-corrected chi connectivity index (χ4v) is 4.43. The van der Waals surface area contributed by atoms with Crippen LogP contribution in [0, 0.1) is 5.41 Å². The largest absolute Gasteiger partial charge is 0.481 e. The second kappa shape index (κ2) is 10.8. The lowest BCUT2D eigenvalue weighted by atomic mass is 9.88. The Morgan fingerprint density at radius 2 is 1.58 bits per heavy atom. The van der Waals surface area contributed by atoms with Crippen LogP contribution < -0.4 is 5.32 Å². The van der Waals surface area contributed by atoms with Crippen molar-refractivity contribution in [2.24, 2.45) is 5.41 Å². The van der Waals surface area contributed by atoms with E-state index in [9.17, 15) is 14.4 Å². The quantitative estimate of drug-likeness (QED) is 0.216. The minimum Gasteiger partial charge on any atom is -0.481 e. The minimum atomic E-state index is -1.11. The van der Waals surface area contributed by atoms with Crippen LogP contribution in [0.25, 0.3) is 33.5 Å². The van der Waals surface area contributed by atoms with Gasteiger partial charge in [-0.05, 0) is 42.0 Å². The number of aliphatic carboxylic acids is 1. The lowest BCUT2D eigenvalue weighted by molar-refractivity contribution is -0.138. The number of rotatable bonds is 7. The first-order valence-electron chi connectivity index (χ1n) is 11.6. The maximum absolute atomic E-state index is 13.3.